The summed E-state index contributed by atoms with van der Waals surface area (Å²) in [4.78, 5) is 28.9. The van der Waals surface area contributed by atoms with Gasteiger partial charge in [-0.25, -0.2) is 9.37 Å². The molecule has 2 aliphatic rings. The van der Waals surface area contributed by atoms with Gasteiger partial charge >= 0.3 is 6.01 Å². The Hall–Kier alpha value is -3.40. The Bertz CT molecular complexity index is 1320. The third-order valence-electron chi connectivity index (χ3n) is 5.50. The van der Waals surface area contributed by atoms with Crippen molar-refractivity contribution < 1.29 is 13.9 Å². The number of H-pyrrole nitrogens is 1. The lowest BCUT2D eigenvalue weighted by atomic mass is 10.1. The van der Waals surface area contributed by atoms with E-state index < -0.39 is 0 Å². The number of nitrogens with one attached hydrogen (secondary N) is 3. The van der Waals surface area contributed by atoms with Gasteiger partial charge in [-0.05, 0) is 37.1 Å². The number of benzene rings is 1. The normalized spacial score (nSPS) is 15.3. The topological polar surface area (TPSA) is 105 Å². The van der Waals surface area contributed by atoms with Crippen LogP contribution in [0.25, 0.3) is 21.9 Å². The number of nitrogens with zero attached hydrogens (tertiary/aromatic N) is 3. The SMILES string of the molecule is CNc1cc(F)cc2c1[nH]c1nc3nc(c12)NCCCCCC(=O)CSc1ccc(cn1)O3. The van der Waals surface area contributed by atoms with Crippen molar-refractivity contribution in [2.75, 3.05) is 30.0 Å². The van der Waals surface area contributed by atoms with Gasteiger partial charge in [0, 0.05) is 25.4 Å². The van der Waals surface area contributed by atoms with Gasteiger partial charge in [0.1, 0.15) is 28.8 Å². The summed E-state index contributed by atoms with van der Waals surface area (Å²) in [6, 6.07) is 6.66. The van der Waals surface area contributed by atoms with Crippen molar-refractivity contribution in [2.45, 2.75) is 30.7 Å². The molecular formula is C23H23FN6O2S. The van der Waals surface area contributed by atoms with Gasteiger partial charge in [0.15, 0.2) is 0 Å². The van der Waals surface area contributed by atoms with E-state index in [2.05, 4.69) is 30.6 Å². The van der Waals surface area contributed by atoms with E-state index in [1.54, 1.807) is 19.3 Å². The Morgan fingerprint density at radius 3 is 2.91 bits per heavy atom. The molecule has 2 aliphatic heterocycles. The molecule has 0 aliphatic carbocycles. The smallest absolute Gasteiger partial charge is 0.326 e. The van der Waals surface area contributed by atoms with E-state index in [0.29, 0.717) is 52.4 Å². The predicted octanol–water partition coefficient (Wildman–Crippen LogP) is 5.13. The largest absolute Gasteiger partial charge is 0.423 e. The molecule has 0 atom stereocenters. The first-order chi connectivity index (χ1) is 16.1. The summed E-state index contributed by atoms with van der Waals surface area (Å²) in [7, 11) is 1.74. The fourth-order valence-corrected chi connectivity index (χ4v) is 4.63. The Morgan fingerprint density at radius 2 is 2.09 bits per heavy atom. The molecule has 6 rings (SSSR count). The molecule has 5 heterocycles. The van der Waals surface area contributed by atoms with E-state index in [4.69, 9.17) is 4.74 Å². The number of Topliss-reactive ketones (excluding diaryl/α,β-unsaturated/α-hetero) is 1. The van der Waals surface area contributed by atoms with Crippen LogP contribution in [0.2, 0.25) is 0 Å². The molecule has 0 fully saturated rings. The van der Waals surface area contributed by atoms with Gasteiger partial charge in [0.25, 0.3) is 0 Å². The van der Waals surface area contributed by atoms with Crippen molar-refractivity contribution in [3.05, 3.63) is 36.3 Å². The zero-order chi connectivity index (χ0) is 22.8. The number of carbonyl (C=O) groups excluding carboxylic acids is 1. The summed E-state index contributed by atoms with van der Waals surface area (Å²) in [5, 5.41) is 8.53. The van der Waals surface area contributed by atoms with Crippen LogP contribution in [0.5, 0.6) is 11.8 Å². The standard InChI is InChI=1S/C23H23FN6O2S/c1-25-17-10-13(24)9-16-19-21-26-8-4-2-3-5-14(31)12-33-18-7-6-15(11-27-18)32-23(29-21)30-22(19)28-20(16)17/h6-7,9-11,25H,2-5,8,12H2,1H3,(H2,26,28,29,30). The Labute approximate surface area is 193 Å². The highest BCUT2D eigenvalue weighted by atomic mass is 32.2. The van der Waals surface area contributed by atoms with Crippen molar-refractivity contribution in [3.63, 3.8) is 0 Å². The molecule has 0 amide bonds. The number of hydrogen-bond donors (Lipinski definition) is 3. The fourth-order valence-electron chi connectivity index (χ4n) is 3.89. The number of ether oxygens (including phenoxy) is 1. The van der Waals surface area contributed by atoms with Gasteiger partial charge < -0.3 is 20.4 Å². The lowest BCUT2D eigenvalue weighted by molar-refractivity contribution is -0.116. The van der Waals surface area contributed by atoms with Crippen LogP contribution in [0.4, 0.5) is 15.9 Å². The fraction of sp³-hybridized carbons (Fsp3) is 0.304. The summed E-state index contributed by atoms with van der Waals surface area (Å²) < 4.78 is 20.2. The van der Waals surface area contributed by atoms with Crippen LogP contribution >= 0.6 is 11.8 Å². The molecule has 0 saturated carbocycles. The maximum Gasteiger partial charge on any atom is 0.326 e. The number of aromatic amines is 1. The molecule has 4 bridgehead atoms. The zero-order valence-corrected chi connectivity index (χ0v) is 18.9. The zero-order valence-electron chi connectivity index (χ0n) is 18.1. The van der Waals surface area contributed by atoms with E-state index in [1.165, 1.54) is 23.9 Å². The number of carbonyl (C=O) groups is 1. The maximum atomic E-state index is 14.3. The van der Waals surface area contributed by atoms with E-state index in [0.717, 1.165) is 29.8 Å². The predicted molar refractivity (Wildman–Crippen MR) is 128 cm³/mol. The minimum atomic E-state index is -0.349. The number of fused-ring (bicyclic) bond motifs is 13. The molecule has 4 aromatic rings. The number of pyridine rings is 1. The molecule has 0 spiro atoms. The summed E-state index contributed by atoms with van der Waals surface area (Å²) in [5.74, 6) is 1.34. The van der Waals surface area contributed by atoms with Crippen LogP contribution in [0.3, 0.4) is 0 Å². The summed E-state index contributed by atoms with van der Waals surface area (Å²) >= 11 is 1.43. The maximum absolute atomic E-state index is 14.3. The van der Waals surface area contributed by atoms with Gasteiger partial charge in [-0.1, -0.05) is 18.2 Å². The Balaban J connectivity index is 1.59. The second kappa shape index (κ2) is 9.22. The van der Waals surface area contributed by atoms with Crippen LogP contribution in [-0.2, 0) is 4.79 Å². The number of halogens is 1. The average Bonchev–Trinajstić information content (AvgIpc) is 3.18. The molecule has 3 aromatic heterocycles. The number of anilines is 2. The summed E-state index contributed by atoms with van der Waals surface area (Å²) in [6.45, 7) is 0.658. The van der Waals surface area contributed by atoms with Crippen molar-refractivity contribution in [2.24, 2.45) is 0 Å². The molecule has 33 heavy (non-hydrogen) atoms. The molecule has 8 nitrogen and oxygen atoms in total. The molecule has 1 aromatic carbocycles. The second-order valence-corrected chi connectivity index (χ2v) is 8.82. The van der Waals surface area contributed by atoms with Crippen molar-refractivity contribution in [3.8, 4) is 11.8 Å². The molecule has 170 valence electrons. The molecule has 3 N–H and O–H groups in total. The molecule has 0 unspecified atom stereocenters. The lowest BCUT2D eigenvalue weighted by Gasteiger charge is -2.10. The monoisotopic (exact) mass is 466 g/mol. The summed E-state index contributed by atoms with van der Waals surface area (Å²) in [5.41, 5.74) is 1.92. The number of aromatic nitrogens is 4. The first-order valence-electron chi connectivity index (χ1n) is 10.8. The Morgan fingerprint density at radius 1 is 1.18 bits per heavy atom. The highest BCUT2D eigenvalue weighted by Gasteiger charge is 2.18. The number of ketones is 1. The number of rotatable bonds is 1. The lowest BCUT2D eigenvalue weighted by Crippen LogP contribution is -2.06. The van der Waals surface area contributed by atoms with Crippen molar-refractivity contribution >= 4 is 51.0 Å². The van der Waals surface area contributed by atoms with E-state index in [1.807, 2.05) is 6.07 Å². The average molecular weight is 467 g/mol. The first-order valence-corrected chi connectivity index (χ1v) is 11.8. The van der Waals surface area contributed by atoms with E-state index in [9.17, 15) is 9.18 Å². The van der Waals surface area contributed by atoms with E-state index in [-0.39, 0.29) is 17.6 Å². The number of thioether (sulfide) groups is 1. The van der Waals surface area contributed by atoms with Gasteiger partial charge in [-0.2, -0.15) is 9.97 Å². The second-order valence-electron chi connectivity index (χ2n) is 7.83. The third-order valence-corrected chi connectivity index (χ3v) is 6.50. The summed E-state index contributed by atoms with van der Waals surface area (Å²) in [6.07, 6.45) is 4.78. The van der Waals surface area contributed by atoms with Gasteiger partial charge in [0.05, 0.1) is 33.6 Å². The first kappa shape index (κ1) is 21.4. The Kier molecular flexibility index (Phi) is 5.99. The highest BCUT2D eigenvalue weighted by molar-refractivity contribution is 7.99. The van der Waals surface area contributed by atoms with E-state index >= 15 is 0 Å². The quantitative estimate of drug-likeness (QED) is 0.355. The molecule has 0 saturated heterocycles. The van der Waals surface area contributed by atoms with Crippen LogP contribution in [0, 0.1) is 5.82 Å². The van der Waals surface area contributed by atoms with Crippen LogP contribution < -0.4 is 15.4 Å². The number of hydrogen-bond acceptors (Lipinski definition) is 8. The molecule has 0 radical (unpaired) electrons. The van der Waals surface area contributed by atoms with Crippen LogP contribution in [-0.4, -0.2) is 45.1 Å². The van der Waals surface area contributed by atoms with Gasteiger partial charge in [-0.15, -0.1) is 0 Å². The van der Waals surface area contributed by atoms with Gasteiger partial charge in [0.2, 0.25) is 0 Å². The minimum Gasteiger partial charge on any atom is -0.423 e. The van der Waals surface area contributed by atoms with Gasteiger partial charge in [-0.3, -0.25) is 4.79 Å². The van der Waals surface area contributed by atoms with Crippen LogP contribution in [0.1, 0.15) is 25.7 Å². The van der Waals surface area contributed by atoms with Crippen molar-refractivity contribution in [1.29, 1.82) is 0 Å². The van der Waals surface area contributed by atoms with Crippen molar-refractivity contribution in [1.82, 2.24) is 19.9 Å². The highest BCUT2D eigenvalue weighted by Crippen LogP contribution is 2.36. The van der Waals surface area contributed by atoms with Crippen LogP contribution in [0.15, 0.2) is 35.5 Å². The third kappa shape index (κ3) is 4.56. The minimum absolute atomic E-state index is 0.157. The molecular weight excluding hydrogens is 443 g/mol. The molecule has 10 heteroatoms.